The zero-order chi connectivity index (χ0) is 13.1. The van der Waals surface area contributed by atoms with Crippen LogP contribution in [0.1, 0.15) is 10.4 Å². The molecule has 18 heavy (non-hydrogen) atoms. The van der Waals surface area contributed by atoms with Gasteiger partial charge in [-0.05, 0) is 36.4 Å². The van der Waals surface area contributed by atoms with Gasteiger partial charge in [0, 0.05) is 17.4 Å². The molecule has 0 heterocycles. The molecule has 0 bridgehead atoms. The minimum atomic E-state index is -0.563. The number of amides is 1. The van der Waals surface area contributed by atoms with Crippen molar-refractivity contribution in [3.63, 3.8) is 0 Å². The molecule has 1 amide bonds. The second-order valence-electron chi connectivity index (χ2n) is 3.78. The molecule has 6 N–H and O–H groups in total. The Morgan fingerprint density at radius 2 is 1.56 bits per heavy atom. The fourth-order valence-electron chi connectivity index (χ4n) is 1.50. The third-order valence-electron chi connectivity index (χ3n) is 2.40. The number of hydrogen-bond acceptors (Lipinski definition) is 4. The van der Waals surface area contributed by atoms with Gasteiger partial charge in [0.1, 0.15) is 11.5 Å². The Balaban J connectivity index is 2.22. The summed E-state index contributed by atoms with van der Waals surface area (Å²) < 4.78 is 5.56. The molecule has 0 aromatic heterocycles. The van der Waals surface area contributed by atoms with Crippen LogP contribution in [0, 0.1) is 0 Å². The highest BCUT2D eigenvalue weighted by Gasteiger charge is 2.07. The summed E-state index contributed by atoms with van der Waals surface area (Å²) >= 11 is 0. The highest BCUT2D eigenvalue weighted by Crippen LogP contribution is 2.25. The van der Waals surface area contributed by atoms with Crippen LogP contribution in [0.15, 0.2) is 42.5 Å². The Bertz CT molecular complexity index is 579. The molecule has 0 spiro atoms. The highest BCUT2D eigenvalue weighted by atomic mass is 16.5. The lowest BCUT2D eigenvalue weighted by Crippen LogP contribution is -2.13. The van der Waals surface area contributed by atoms with Crippen molar-refractivity contribution in [1.82, 2.24) is 0 Å². The van der Waals surface area contributed by atoms with E-state index in [1.165, 1.54) is 6.07 Å². The summed E-state index contributed by atoms with van der Waals surface area (Å²) in [5.74, 6) is 0.601. The molecule has 2 aromatic carbocycles. The third-order valence-corrected chi connectivity index (χ3v) is 2.40. The topological polar surface area (TPSA) is 104 Å². The predicted octanol–water partition coefficient (Wildman–Crippen LogP) is 1.74. The lowest BCUT2D eigenvalue weighted by molar-refractivity contribution is 0.100. The second kappa shape index (κ2) is 4.67. The van der Waals surface area contributed by atoms with E-state index in [-0.39, 0.29) is 11.3 Å². The Morgan fingerprint density at radius 1 is 0.944 bits per heavy atom. The molecule has 0 aliphatic carbocycles. The van der Waals surface area contributed by atoms with Gasteiger partial charge in [0.05, 0.1) is 5.56 Å². The summed E-state index contributed by atoms with van der Waals surface area (Å²) in [7, 11) is 0. The van der Waals surface area contributed by atoms with Gasteiger partial charge in [-0.15, -0.1) is 0 Å². The molecule has 92 valence electrons. The van der Waals surface area contributed by atoms with E-state index in [0.717, 1.165) is 0 Å². The summed E-state index contributed by atoms with van der Waals surface area (Å²) in [6.45, 7) is 0. The minimum absolute atomic E-state index is 0.277. The number of carbonyl (C=O) groups is 1. The van der Waals surface area contributed by atoms with E-state index in [9.17, 15) is 4.79 Å². The number of carbonyl (C=O) groups excluding carboxylic acids is 1. The van der Waals surface area contributed by atoms with Gasteiger partial charge < -0.3 is 21.9 Å². The Morgan fingerprint density at radius 3 is 2.11 bits per heavy atom. The number of ether oxygens (including phenoxy) is 1. The van der Waals surface area contributed by atoms with Crippen molar-refractivity contribution in [2.45, 2.75) is 0 Å². The standard InChI is InChI=1S/C13H13N3O2/c14-8-1-3-9(4-2-8)18-10-5-6-11(13(16)17)12(15)7-10/h1-7H,14-15H2,(H2,16,17). The quantitative estimate of drug-likeness (QED) is 0.714. The van der Waals surface area contributed by atoms with Crippen LogP contribution >= 0.6 is 0 Å². The molecule has 0 saturated heterocycles. The number of benzene rings is 2. The number of nitrogens with two attached hydrogens (primary N) is 3. The van der Waals surface area contributed by atoms with Gasteiger partial charge in [0.2, 0.25) is 0 Å². The molecule has 2 rings (SSSR count). The molecule has 5 nitrogen and oxygen atoms in total. The fourth-order valence-corrected chi connectivity index (χ4v) is 1.50. The van der Waals surface area contributed by atoms with Crippen LogP contribution in [0.25, 0.3) is 0 Å². The smallest absolute Gasteiger partial charge is 0.250 e. The zero-order valence-electron chi connectivity index (χ0n) is 9.59. The van der Waals surface area contributed by atoms with Gasteiger partial charge in [-0.2, -0.15) is 0 Å². The van der Waals surface area contributed by atoms with Gasteiger partial charge in [0.25, 0.3) is 5.91 Å². The van der Waals surface area contributed by atoms with Crippen LogP contribution in [0.2, 0.25) is 0 Å². The molecule has 0 fully saturated rings. The van der Waals surface area contributed by atoms with E-state index < -0.39 is 5.91 Å². The molecule has 0 aliphatic rings. The van der Waals surface area contributed by atoms with Crippen LogP contribution in [0.5, 0.6) is 11.5 Å². The Kier molecular flexibility index (Phi) is 3.05. The second-order valence-corrected chi connectivity index (χ2v) is 3.78. The zero-order valence-corrected chi connectivity index (χ0v) is 9.59. The maximum Gasteiger partial charge on any atom is 0.250 e. The highest BCUT2D eigenvalue weighted by molar-refractivity contribution is 5.98. The first kappa shape index (κ1) is 11.8. The van der Waals surface area contributed by atoms with Gasteiger partial charge in [-0.25, -0.2) is 0 Å². The SMILES string of the molecule is NC(=O)c1ccc(Oc2ccc(N)cc2)cc1N. The van der Waals surface area contributed by atoms with Crippen molar-refractivity contribution in [2.24, 2.45) is 5.73 Å². The maximum atomic E-state index is 11.0. The van der Waals surface area contributed by atoms with E-state index in [1.54, 1.807) is 36.4 Å². The van der Waals surface area contributed by atoms with Crippen LogP contribution in [-0.4, -0.2) is 5.91 Å². The van der Waals surface area contributed by atoms with Crippen molar-refractivity contribution < 1.29 is 9.53 Å². The van der Waals surface area contributed by atoms with Gasteiger partial charge in [0.15, 0.2) is 0 Å². The molecule has 0 atom stereocenters. The van der Waals surface area contributed by atoms with Crippen LogP contribution < -0.4 is 21.9 Å². The molecule has 0 saturated carbocycles. The normalized spacial score (nSPS) is 10.0. The number of hydrogen-bond donors (Lipinski definition) is 3. The molecule has 0 radical (unpaired) electrons. The fraction of sp³-hybridized carbons (Fsp3) is 0. The molecule has 0 unspecified atom stereocenters. The first-order valence-electron chi connectivity index (χ1n) is 5.29. The Hall–Kier alpha value is -2.69. The van der Waals surface area contributed by atoms with Gasteiger partial charge in [-0.3, -0.25) is 4.79 Å². The summed E-state index contributed by atoms with van der Waals surface area (Å²) in [5.41, 5.74) is 17.7. The van der Waals surface area contributed by atoms with E-state index in [4.69, 9.17) is 21.9 Å². The van der Waals surface area contributed by atoms with E-state index >= 15 is 0 Å². The minimum Gasteiger partial charge on any atom is -0.457 e. The number of nitrogen functional groups attached to an aromatic ring is 2. The summed E-state index contributed by atoms with van der Waals surface area (Å²) in [5, 5.41) is 0. The van der Waals surface area contributed by atoms with Crippen LogP contribution in [0.3, 0.4) is 0 Å². The van der Waals surface area contributed by atoms with E-state index in [0.29, 0.717) is 17.2 Å². The van der Waals surface area contributed by atoms with Crippen molar-refractivity contribution in [3.05, 3.63) is 48.0 Å². The summed E-state index contributed by atoms with van der Waals surface area (Å²) in [6.07, 6.45) is 0. The van der Waals surface area contributed by atoms with Crippen molar-refractivity contribution in [3.8, 4) is 11.5 Å². The number of rotatable bonds is 3. The number of anilines is 2. The third kappa shape index (κ3) is 2.52. The first-order valence-corrected chi connectivity index (χ1v) is 5.29. The summed E-state index contributed by atoms with van der Waals surface area (Å²) in [6, 6.07) is 11.7. The van der Waals surface area contributed by atoms with Crippen LogP contribution in [-0.2, 0) is 0 Å². The van der Waals surface area contributed by atoms with Crippen LogP contribution in [0.4, 0.5) is 11.4 Å². The Labute approximate surface area is 104 Å². The largest absolute Gasteiger partial charge is 0.457 e. The molecular formula is C13H13N3O2. The van der Waals surface area contributed by atoms with Gasteiger partial charge >= 0.3 is 0 Å². The van der Waals surface area contributed by atoms with Crippen molar-refractivity contribution >= 4 is 17.3 Å². The average molecular weight is 243 g/mol. The first-order chi connectivity index (χ1) is 8.56. The van der Waals surface area contributed by atoms with E-state index in [2.05, 4.69) is 0 Å². The predicted molar refractivity (Wildman–Crippen MR) is 70.3 cm³/mol. The van der Waals surface area contributed by atoms with Gasteiger partial charge in [-0.1, -0.05) is 0 Å². The monoisotopic (exact) mass is 243 g/mol. The lowest BCUT2D eigenvalue weighted by atomic mass is 10.1. The maximum absolute atomic E-state index is 11.0. The molecular weight excluding hydrogens is 230 g/mol. The molecule has 2 aromatic rings. The average Bonchev–Trinajstić information content (AvgIpc) is 2.32. The summed E-state index contributed by atoms with van der Waals surface area (Å²) in [4.78, 5) is 11.0. The molecule has 0 aliphatic heterocycles. The number of primary amides is 1. The van der Waals surface area contributed by atoms with Crippen molar-refractivity contribution in [1.29, 1.82) is 0 Å². The van der Waals surface area contributed by atoms with Crippen molar-refractivity contribution in [2.75, 3.05) is 11.5 Å². The molecule has 5 heteroatoms. The lowest BCUT2D eigenvalue weighted by Gasteiger charge is -2.08. The van der Waals surface area contributed by atoms with E-state index in [1.807, 2.05) is 0 Å².